The van der Waals surface area contributed by atoms with Crippen LogP contribution in [0.3, 0.4) is 0 Å². The summed E-state index contributed by atoms with van der Waals surface area (Å²) in [4.78, 5) is 43.9. The lowest BCUT2D eigenvalue weighted by Gasteiger charge is -2.19. The number of non-ortho nitro benzene ring substituents is 1. The van der Waals surface area contributed by atoms with Gasteiger partial charge in [-0.2, -0.15) is 0 Å². The first-order chi connectivity index (χ1) is 11.2. The van der Waals surface area contributed by atoms with E-state index in [0.29, 0.717) is 18.4 Å². The van der Waals surface area contributed by atoms with Crippen LogP contribution in [0.5, 0.6) is 0 Å². The van der Waals surface area contributed by atoms with Crippen LogP contribution in [0.1, 0.15) is 20.3 Å². The maximum absolute atomic E-state index is 11.8. The van der Waals surface area contributed by atoms with Crippen LogP contribution in [0.25, 0.3) is 0 Å². The number of nitrogens with zero attached hydrogens (tertiary/aromatic N) is 3. The molecule has 1 atom stereocenters. The maximum atomic E-state index is 11.8. The molecule has 11 heteroatoms. The van der Waals surface area contributed by atoms with E-state index in [1.54, 1.807) is 0 Å². The van der Waals surface area contributed by atoms with Crippen molar-refractivity contribution >= 4 is 35.4 Å². The van der Waals surface area contributed by atoms with Crippen LogP contribution < -0.4 is 0 Å². The molecule has 1 heterocycles. The maximum Gasteiger partial charge on any atom is 0.428 e. The Balaban J connectivity index is 2.35. The summed E-state index contributed by atoms with van der Waals surface area (Å²) < 4.78 is 5.60. The van der Waals surface area contributed by atoms with E-state index in [0.717, 1.165) is 16.4 Å². The smallest absolute Gasteiger partial charge is 0.374 e. The summed E-state index contributed by atoms with van der Waals surface area (Å²) in [7, 11) is 0. The fourth-order valence-electron chi connectivity index (χ4n) is 2.11. The second-order valence-electron chi connectivity index (χ2n) is 5.42. The van der Waals surface area contributed by atoms with Crippen molar-refractivity contribution in [2.24, 2.45) is 5.92 Å². The lowest BCUT2D eigenvalue weighted by molar-refractivity contribution is -0.396. The van der Waals surface area contributed by atoms with Gasteiger partial charge < -0.3 is 4.74 Å². The lowest BCUT2D eigenvalue weighted by atomic mass is 10.0. The van der Waals surface area contributed by atoms with Gasteiger partial charge in [0.25, 0.3) is 11.4 Å². The van der Waals surface area contributed by atoms with Crippen LogP contribution in [-0.2, 0) is 9.53 Å². The number of nitro groups is 2. The Morgan fingerprint density at radius 2 is 1.92 bits per heavy atom. The SMILES string of the molecule is CC(C)CC1C(=O)OC(=O)N1Sc1ccc([N+](=O)[O-])cc1[N+](=O)[O-]. The highest BCUT2D eigenvalue weighted by Gasteiger charge is 2.43. The summed E-state index contributed by atoms with van der Waals surface area (Å²) in [6, 6.07) is 2.21. The molecule has 10 nitrogen and oxygen atoms in total. The Morgan fingerprint density at radius 1 is 1.25 bits per heavy atom. The minimum atomic E-state index is -0.914. The number of cyclic esters (lactones) is 2. The van der Waals surface area contributed by atoms with Crippen LogP contribution in [0.4, 0.5) is 16.2 Å². The molecule has 0 aromatic heterocycles. The van der Waals surface area contributed by atoms with Crippen molar-refractivity contribution in [1.29, 1.82) is 0 Å². The van der Waals surface area contributed by atoms with Crippen LogP contribution >= 0.6 is 11.9 Å². The first-order valence-corrected chi connectivity index (χ1v) is 7.63. The van der Waals surface area contributed by atoms with Gasteiger partial charge in [0, 0.05) is 18.0 Å². The summed E-state index contributed by atoms with van der Waals surface area (Å²) in [5.74, 6) is -0.630. The Kier molecular flexibility index (Phi) is 5.02. The molecular formula is C13H13N3O7S. The van der Waals surface area contributed by atoms with E-state index in [4.69, 9.17) is 0 Å². The Morgan fingerprint density at radius 3 is 2.46 bits per heavy atom. The molecule has 1 aromatic carbocycles. The predicted molar refractivity (Wildman–Crippen MR) is 82.2 cm³/mol. The van der Waals surface area contributed by atoms with Crippen LogP contribution in [0.2, 0.25) is 0 Å². The van der Waals surface area contributed by atoms with Gasteiger partial charge in [0.05, 0.1) is 15.9 Å². The number of amides is 1. The zero-order valence-corrected chi connectivity index (χ0v) is 13.5. The molecule has 0 spiro atoms. The number of benzene rings is 1. The van der Waals surface area contributed by atoms with Crippen molar-refractivity contribution in [3.8, 4) is 0 Å². The number of carbonyl (C=O) groups excluding carboxylic acids is 2. The molecular weight excluding hydrogens is 342 g/mol. The average Bonchev–Trinajstić information content (AvgIpc) is 2.73. The molecule has 0 radical (unpaired) electrons. The van der Waals surface area contributed by atoms with Gasteiger partial charge in [-0.25, -0.2) is 13.9 Å². The van der Waals surface area contributed by atoms with Gasteiger partial charge in [0.2, 0.25) is 0 Å². The molecule has 0 bridgehead atoms. The number of rotatable bonds is 6. The third kappa shape index (κ3) is 3.62. The minimum absolute atomic E-state index is 0.00556. The van der Waals surface area contributed by atoms with E-state index >= 15 is 0 Å². The van der Waals surface area contributed by atoms with Crippen molar-refractivity contribution in [2.45, 2.75) is 31.2 Å². The van der Waals surface area contributed by atoms with Gasteiger partial charge in [-0.05, 0) is 18.4 Å². The van der Waals surface area contributed by atoms with E-state index in [1.807, 2.05) is 13.8 Å². The molecule has 1 fully saturated rings. The van der Waals surface area contributed by atoms with Gasteiger partial charge in [-0.3, -0.25) is 20.2 Å². The highest BCUT2D eigenvalue weighted by atomic mass is 32.2. The molecule has 0 saturated carbocycles. The molecule has 1 aliphatic heterocycles. The molecule has 2 rings (SSSR count). The van der Waals surface area contributed by atoms with E-state index < -0.39 is 39.3 Å². The van der Waals surface area contributed by atoms with Crippen molar-refractivity contribution in [1.82, 2.24) is 4.31 Å². The standard InChI is InChI=1S/C13H13N3O7S/c1-7(2)5-10-12(17)23-13(18)14(10)24-11-4-3-8(15(19)20)6-9(11)16(21)22/h3-4,6-7,10H,5H2,1-2H3. The molecule has 1 amide bonds. The largest absolute Gasteiger partial charge is 0.428 e. The topological polar surface area (TPSA) is 133 Å². The average molecular weight is 355 g/mol. The summed E-state index contributed by atoms with van der Waals surface area (Å²) in [5.41, 5.74) is -0.963. The zero-order valence-electron chi connectivity index (χ0n) is 12.7. The van der Waals surface area contributed by atoms with Gasteiger partial charge in [0.15, 0.2) is 0 Å². The van der Waals surface area contributed by atoms with Gasteiger partial charge in [0.1, 0.15) is 10.9 Å². The quantitative estimate of drug-likeness (QED) is 0.250. The normalized spacial score (nSPS) is 17.3. The van der Waals surface area contributed by atoms with Crippen molar-refractivity contribution < 1.29 is 24.2 Å². The Bertz CT molecular complexity index is 722. The third-order valence-corrected chi connectivity index (χ3v) is 4.31. The van der Waals surface area contributed by atoms with Crippen molar-refractivity contribution in [3.05, 3.63) is 38.4 Å². The number of hydrogen-bond donors (Lipinski definition) is 0. The third-order valence-electron chi connectivity index (χ3n) is 3.16. The van der Waals surface area contributed by atoms with E-state index in [1.165, 1.54) is 6.07 Å². The molecule has 24 heavy (non-hydrogen) atoms. The summed E-state index contributed by atoms with van der Waals surface area (Å²) in [5, 5.41) is 21.9. The van der Waals surface area contributed by atoms with Crippen LogP contribution in [-0.4, -0.2) is 32.3 Å². The number of esters is 1. The minimum Gasteiger partial charge on any atom is -0.374 e. The summed E-state index contributed by atoms with van der Waals surface area (Å²) in [6.45, 7) is 3.71. The Labute approximate surface area is 140 Å². The van der Waals surface area contributed by atoms with Crippen LogP contribution in [0, 0.1) is 26.1 Å². The van der Waals surface area contributed by atoms with Crippen molar-refractivity contribution in [2.75, 3.05) is 0 Å². The second-order valence-corrected chi connectivity index (χ2v) is 6.43. The Hall–Kier alpha value is -2.69. The molecule has 0 aliphatic carbocycles. The first-order valence-electron chi connectivity index (χ1n) is 6.86. The highest BCUT2D eigenvalue weighted by molar-refractivity contribution is 7.97. The molecule has 1 aliphatic rings. The number of ether oxygens (including phenoxy) is 1. The fourth-order valence-corrected chi connectivity index (χ4v) is 3.09. The van der Waals surface area contributed by atoms with Crippen molar-refractivity contribution in [3.63, 3.8) is 0 Å². The number of hydrogen-bond acceptors (Lipinski definition) is 8. The molecule has 128 valence electrons. The van der Waals surface area contributed by atoms with Gasteiger partial charge in [-0.1, -0.05) is 13.8 Å². The summed E-state index contributed by atoms with van der Waals surface area (Å²) in [6.07, 6.45) is -0.582. The van der Waals surface area contributed by atoms with Gasteiger partial charge >= 0.3 is 12.1 Å². The predicted octanol–water partition coefficient (Wildman–Crippen LogP) is 2.90. The van der Waals surface area contributed by atoms with E-state index in [9.17, 15) is 29.8 Å². The molecule has 1 unspecified atom stereocenters. The van der Waals surface area contributed by atoms with Gasteiger partial charge in [-0.15, -0.1) is 0 Å². The zero-order chi connectivity index (χ0) is 18.0. The van der Waals surface area contributed by atoms with E-state index in [2.05, 4.69) is 4.74 Å². The second kappa shape index (κ2) is 6.83. The monoisotopic (exact) mass is 355 g/mol. The lowest BCUT2D eigenvalue weighted by Crippen LogP contribution is -2.30. The van der Waals surface area contributed by atoms with E-state index in [-0.39, 0.29) is 10.8 Å². The van der Waals surface area contributed by atoms with Crippen LogP contribution in [0.15, 0.2) is 23.1 Å². The fraction of sp³-hybridized carbons (Fsp3) is 0.385. The number of carbonyl (C=O) groups is 2. The first kappa shape index (κ1) is 17.7. The molecule has 1 saturated heterocycles. The highest BCUT2D eigenvalue weighted by Crippen LogP contribution is 2.38. The summed E-state index contributed by atoms with van der Waals surface area (Å²) >= 11 is 0.662. The molecule has 0 N–H and O–H groups in total. The number of nitro benzene ring substituents is 2. The molecule has 1 aromatic rings.